The molecule has 0 amide bonds. The van der Waals surface area contributed by atoms with Crippen LogP contribution in [0.5, 0.6) is 0 Å². The Hall–Kier alpha value is -1.01. The minimum Gasteiger partial charge on any atom is -0.354 e. The second-order valence-corrected chi connectivity index (χ2v) is 10.00. The van der Waals surface area contributed by atoms with Crippen molar-refractivity contribution in [3.8, 4) is 0 Å². The van der Waals surface area contributed by atoms with Gasteiger partial charge in [0.2, 0.25) is 0 Å². The Labute approximate surface area is 150 Å². The molecule has 0 N–H and O–H groups in total. The fraction of sp³-hybridized carbons (Fsp3) is 0.667. The van der Waals surface area contributed by atoms with Crippen molar-refractivity contribution < 1.29 is 4.21 Å². The standard InChI is InChI=1S/C18H25N3OS2/c1-3-18(4-2)11-21(9-10-24(18)22)16-15-13-7-5-6-8-14(13)23-17(15)20-12-19-16/h12H,3-11H2,1-2H3. The molecule has 1 unspecified atom stereocenters. The average molecular weight is 364 g/mol. The number of fused-ring (bicyclic) bond motifs is 3. The maximum absolute atomic E-state index is 12.7. The Morgan fingerprint density at radius 3 is 2.83 bits per heavy atom. The highest BCUT2D eigenvalue weighted by molar-refractivity contribution is 7.86. The molecule has 6 heteroatoms. The maximum Gasteiger partial charge on any atom is 0.141 e. The van der Waals surface area contributed by atoms with Gasteiger partial charge < -0.3 is 4.90 Å². The molecule has 1 fully saturated rings. The lowest BCUT2D eigenvalue weighted by Gasteiger charge is -2.41. The number of thiophene rings is 1. The summed E-state index contributed by atoms with van der Waals surface area (Å²) in [4.78, 5) is 14.3. The van der Waals surface area contributed by atoms with Crippen LogP contribution in [-0.4, -0.2) is 37.8 Å². The van der Waals surface area contributed by atoms with Gasteiger partial charge in [0, 0.05) is 34.5 Å². The summed E-state index contributed by atoms with van der Waals surface area (Å²) in [5.74, 6) is 1.84. The van der Waals surface area contributed by atoms with Gasteiger partial charge in [-0.2, -0.15) is 0 Å². The monoisotopic (exact) mass is 363 g/mol. The fourth-order valence-electron chi connectivity index (χ4n) is 4.20. The number of anilines is 1. The van der Waals surface area contributed by atoms with Crippen molar-refractivity contribution in [1.29, 1.82) is 0 Å². The molecule has 0 bridgehead atoms. The van der Waals surface area contributed by atoms with Crippen molar-refractivity contribution in [2.75, 3.05) is 23.7 Å². The molecule has 4 rings (SSSR count). The largest absolute Gasteiger partial charge is 0.354 e. The Bertz CT molecular complexity index is 782. The molecule has 0 aromatic carbocycles. The first-order valence-electron chi connectivity index (χ1n) is 9.07. The van der Waals surface area contributed by atoms with Crippen molar-refractivity contribution in [3.05, 3.63) is 16.8 Å². The van der Waals surface area contributed by atoms with E-state index in [-0.39, 0.29) is 4.75 Å². The van der Waals surface area contributed by atoms with Crippen LogP contribution in [0.3, 0.4) is 0 Å². The number of aryl methyl sites for hydroxylation is 2. The van der Waals surface area contributed by atoms with Gasteiger partial charge in [-0.15, -0.1) is 11.3 Å². The molecule has 24 heavy (non-hydrogen) atoms. The van der Waals surface area contributed by atoms with Crippen molar-refractivity contribution in [3.63, 3.8) is 0 Å². The highest BCUT2D eigenvalue weighted by Gasteiger charge is 2.40. The molecule has 0 spiro atoms. The average Bonchev–Trinajstić information content (AvgIpc) is 3.01. The van der Waals surface area contributed by atoms with Crippen LogP contribution in [-0.2, 0) is 23.6 Å². The number of hydrogen-bond donors (Lipinski definition) is 0. The van der Waals surface area contributed by atoms with E-state index in [1.807, 2.05) is 11.3 Å². The molecule has 1 atom stereocenters. The summed E-state index contributed by atoms with van der Waals surface area (Å²) in [5.41, 5.74) is 1.49. The molecule has 2 aromatic heterocycles. The molecular weight excluding hydrogens is 338 g/mol. The van der Waals surface area contributed by atoms with E-state index < -0.39 is 10.8 Å². The summed E-state index contributed by atoms with van der Waals surface area (Å²) < 4.78 is 12.6. The molecule has 3 heterocycles. The lowest BCUT2D eigenvalue weighted by atomic mass is 9.96. The Kier molecular flexibility index (Phi) is 4.37. The van der Waals surface area contributed by atoms with E-state index >= 15 is 0 Å². The van der Waals surface area contributed by atoms with E-state index in [1.165, 1.54) is 35.1 Å². The third-order valence-electron chi connectivity index (χ3n) is 5.83. The van der Waals surface area contributed by atoms with E-state index in [1.54, 1.807) is 6.33 Å². The van der Waals surface area contributed by atoms with Gasteiger partial charge in [0.15, 0.2) is 0 Å². The van der Waals surface area contributed by atoms with E-state index in [2.05, 4.69) is 23.7 Å². The van der Waals surface area contributed by atoms with Gasteiger partial charge in [0.05, 0.1) is 10.1 Å². The number of aromatic nitrogens is 2. The Morgan fingerprint density at radius 2 is 2.04 bits per heavy atom. The molecule has 4 nitrogen and oxygen atoms in total. The summed E-state index contributed by atoms with van der Waals surface area (Å²) in [6.07, 6.45) is 8.54. The van der Waals surface area contributed by atoms with Crippen molar-refractivity contribution in [2.45, 2.75) is 57.1 Å². The van der Waals surface area contributed by atoms with Crippen LogP contribution in [0.15, 0.2) is 6.33 Å². The van der Waals surface area contributed by atoms with E-state index in [4.69, 9.17) is 4.98 Å². The molecule has 0 radical (unpaired) electrons. The second-order valence-electron chi connectivity index (χ2n) is 6.95. The zero-order chi connectivity index (χ0) is 16.7. The minimum absolute atomic E-state index is 0.0917. The van der Waals surface area contributed by atoms with Crippen LogP contribution in [0.2, 0.25) is 0 Å². The summed E-state index contributed by atoms with van der Waals surface area (Å²) in [7, 11) is -0.740. The van der Waals surface area contributed by atoms with Crippen molar-refractivity contribution in [1.82, 2.24) is 9.97 Å². The van der Waals surface area contributed by atoms with Crippen LogP contribution >= 0.6 is 11.3 Å². The van der Waals surface area contributed by atoms with E-state index in [0.29, 0.717) is 0 Å². The normalized spacial score (nSPS) is 23.4. The first-order valence-corrected chi connectivity index (χ1v) is 11.2. The molecular formula is C18H25N3OS2. The first kappa shape index (κ1) is 16.5. The topological polar surface area (TPSA) is 46.1 Å². The summed E-state index contributed by atoms with van der Waals surface area (Å²) >= 11 is 1.85. The molecule has 1 aliphatic heterocycles. The summed E-state index contributed by atoms with van der Waals surface area (Å²) in [6, 6.07) is 0. The van der Waals surface area contributed by atoms with E-state index in [9.17, 15) is 4.21 Å². The van der Waals surface area contributed by atoms with E-state index in [0.717, 1.165) is 48.8 Å². The number of rotatable bonds is 3. The third-order valence-corrected chi connectivity index (χ3v) is 9.25. The third kappa shape index (κ3) is 2.49. The highest BCUT2D eigenvalue weighted by atomic mass is 32.2. The predicted octanol–water partition coefficient (Wildman–Crippen LogP) is 3.70. The predicted molar refractivity (Wildman–Crippen MR) is 103 cm³/mol. The summed E-state index contributed by atoms with van der Waals surface area (Å²) in [5, 5.41) is 1.28. The van der Waals surface area contributed by atoms with Crippen LogP contribution in [0.25, 0.3) is 10.2 Å². The lowest BCUT2D eigenvalue weighted by molar-refractivity contribution is 0.495. The van der Waals surface area contributed by atoms with Crippen LogP contribution < -0.4 is 4.90 Å². The van der Waals surface area contributed by atoms with Gasteiger partial charge in [-0.3, -0.25) is 4.21 Å². The first-order chi connectivity index (χ1) is 11.7. The summed E-state index contributed by atoms with van der Waals surface area (Å²) in [6.45, 7) is 6.04. The molecule has 130 valence electrons. The molecule has 1 aliphatic carbocycles. The lowest BCUT2D eigenvalue weighted by Crippen LogP contribution is -2.53. The molecule has 2 aromatic rings. The molecule has 1 saturated heterocycles. The van der Waals surface area contributed by atoms with Gasteiger partial charge in [-0.05, 0) is 44.1 Å². The van der Waals surface area contributed by atoms with Crippen molar-refractivity contribution in [2.24, 2.45) is 0 Å². The Morgan fingerprint density at radius 1 is 1.25 bits per heavy atom. The maximum atomic E-state index is 12.7. The zero-order valence-electron chi connectivity index (χ0n) is 14.5. The van der Waals surface area contributed by atoms with Gasteiger partial charge in [0.1, 0.15) is 17.0 Å². The number of hydrogen-bond acceptors (Lipinski definition) is 5. The second kappa shape index (κ2) is 6.37. The highest BCUT2D eigenvalue weighted by Crippen LogP contribution is 2.40. The van der Waals surface area contributed by atoms with Gasteiger partial charge >= 0.3 is 0 Å². The smallest absolute Gasteiger partial charge is 0.141 e. The SMILES string of the molecule is CCC1(CC)CN(c2ncnc3sc4c(c23)CCCC4)CCS1=O. The molecule has 2 aliphatic rings. The quantitative estimate of drug-likeness (QED) is 0.834. The van der Waals surface area contributed by atoms with Crippen LogP contribution in [0.1, 0.15) is 50.0 Å². The molecule has 0 saturated carbocycles. The van der Waals surface area contributed by atoms with Gasteiger partial charge in [0.25, 0.3) is 0 Å². The zero-order valence-corrected chi connectivity index (χ0v) is 16.1. The van der Waals surface area contributed by atoms with Crippen molar-refractivity contribution >= 4 is 38.2 Å². The number of nitrogens with zero attached hydrogens (tertiary/aromatic N) is 3. The Balaban J connectivity index is 1.79. The van der Waals surface area contributed by atoms with Gasteiger partial charge in [-0.1, -0.05) is 13.8 Å². The minimum atomic E-state index is -0.740. The van der Waals surface area contributed by atoms with Crippen LogP contribution in [0, 0.1) is 0 Å². The fourth-order valence-corrected chi connectivity index (χ4v) is 7.18. The van der Waals surface area contributed by atoms with Crippen LogP contribution in [0.4, 0.5) is 5.82 Å². The van der Waals surface area contributed by atoms with Gasteiger partial charge in [-0.25, -0.2) is 9.97 Å².